The van der Waals surface area contributed by atoms with Gasteiger partial charge in [-0.3, -0.25) is 9.59 Å². The molecule has 2 amide bonds. The molecule has 29 heavy (non-hydrogen) atoms. The van der Waals surface area contributed by atoms with Gasteiger partial charge >= 0.3 is 0 Å². The van der Waals surface area contributed by atoms with Crippen LogP contribution in [0.5, 0.6) is 0 Å². The van der Waals surface area contributed by atoms with Crippen LogP contribution in [-0.2, 0) is 14.3 Å². The fraction of sp³-hybridized carbons (Fsp3) is 0.364. The summed E-state index contributed by atoms with van der Waals surface area (Å²) in [5.41, 5.74) is 3.55. The van der Waals surface area contributed by atoms with Gasteiger partial charge in [-0.2, -0.15) is 0 Å². The highest BCUT2D eigenvalue weighted by molar-refractivity contribution is 6.31. The lowest BCUT2D eigenvalue weighted by Gasteiger charge is -2.30. The van der Waals surface area contributed by atoms with E-state index in [4.69, 9.17) is 16.3 Å². The smallest absolute Gasteiger partial charge is 0.229 e. The fourth-order valence-electron chi connectivity index (χ4n) is 3.78. The molecular weight excluding hydrogens is 390 g/mol. The molecule has 2 aliphatic heterocycles. The van der Waals surface area contributed by atoms with Gasteiger partial charge in [0.1, 0.15) is 0 Å². The average molecular weight is 414 g/mol. The zero-order chi connectivity index (χ0) is 20.4. The third-order valence-corrected chi connectivity index (χ3v) is 5.64. The molecule has 0 spiro atoms. The van der Waals surface area contributed by atoms with Crippen LogP contribution in [-0.4, -0.2) is 44.7 Å². The number of carbonyl (C=O) groups excluding carboxylic acids is 2. The number of rotatable bonds is 4. The predicted octanol–water partition coefficient (Wildman–Crippen LogP) is 3.48. The number of aryl methyl sites for hydroxylation is 1. The van der Waals surface area contributed by atoms with Gasteiger partial charge in [-0.1, -0.05) is 29.3 Å². The molecule has 0 saturated carbocycles. The normalized spacial score (nSPS) is 19.5. The standard InChI is InChI=1S/C22H24ClN3O3/c1-15-2-5-18(6-3-15)26-14-16(12-21(26)27)22(28)24-19-13-17(23)4-7-20(19)25-8-10-29-11-9-25/h2-7,13,16H,8-12,14H2,1H3,(H,24,28). The average Bonchev–Trinajstić information content (AvgIpc) is 3.11. The summed E-state index contributed by atoms with van der Waals surface area (Å²) in [7, 11) is 0. The fourth-order valence-corrected chi connectivity index (χ4v) is 3.95. The maximum atomic E-state index is 13.0. The number of carbonyl (C=O) groups is 2. The molecule has 4 rings (SSSR count). The molecule has 0 aliphatic carbocycles. The Morgan fingerprint density at radius 2 is 1.86 bits per heavy atom. The van der Waals surface area contributed by atoms with Crippen molar-refractivity contribution in [1.29, 1.82) is 0 Å². The van der Waals surface area contributed by atoms with Crippen molar-refractivity contribution in [3.05, 3.63) is 53.1 Å². The first-order chi connectivity index (χ1) is 14.0. The van der Waals surface area contributed by atoms with E-state index in [0.29, 0.717) is 30.5 Å². The van der Waals surface area contributed by atoms with E-state index in [-0.39, 0.29) is 18.2 Å². The second kappa shape index (κ2) is 8.43. The number of morpholine rings is 1. The Hall–Kier alpha value is -2.57. The third kappa shape index (κ3) is 4.38. The van der Waals surface area contributed by atoms with Crippen molar-refractivity contribution < 1.29 is 14.3 Å². The quantitative estimate of drug-likeness (QED) is 0.833. The first-order valence-electron chi connectivity index (χ1n) is 9.81. The molecule has 2 fully saturated rings. The minimum Gasteiger partial charge on any atom is -0.378 e. The van der Waals surface area contributed by atoms with Crippen molar-refractivity contribution in [2.24, 2.45) is 5.92 Å². The summed E-state index contributed by atoms with van der Waals surface area (Å²) in [6, 6.07) is 13.3. The number of nitrogens with one attached hydrogen (secondary N) is 1. The van der Waals surface area contributed by atoms with Crippen LogP contribution in [0.15, 0.2) is 42.5 Å². The van der Waals surface area contributed by atoms with Crippen LogP contribution in [0.4, 0.5) is 17.1 Å². The number of nitrogens with zero attached hydrogens (tertiary/aromatic N) is 2. The summed E-state index contributed by atoms with van der Waals surface area (Å²) in [5, 5.41) is 3.56. The Kier molecular flexibility index (Phi) is 5.74. The Morgan fingerprint density at radius 3 is 2.59 bits per heavy atom. The van der Waals surface area contributed by atoms with Crippen molar-refractivity contribution in [3.8, 4) is 0 Å². The van der Waals surface area contributed by atoms with E-state index in [2.05, 4.69) is 10.2 Å². The number of hydrogen-bond donors (Lipinski definition) is 1. The molecule has 2 aromatic carbocycles. The molecule has 7 heteroatoms. The second-order valence-electron chi connectivity index (χ2n) is 7.49. The highest BCUT2D eigenvalue weighted by Gasteiger charge is 2.35. The van der Waals surface area contributed by atoms with Crippen LogP contribution >= 0.6 is 11.6 Å². The summed E-state index contributed by atoms with van der Waals surface area (Å²) >= 11 is 6.18. The van der Waals surface area contributed by atoms with Crippen molar-refractivity contribution in [2.75, 3.05) is 48.0 Å². The lowest BCUT2D eigenvalue weighted by Crippen LogP contribution is -2.37. The SMILES string of the molecule is Cc1ccc(N2CC(C(=O)Nc3cc(Cl)ccc3N3CCOCC3)CC2=O)cc1. The van der Waals surface area contributed by atoms with E-state index in [1.54, 1.807) is 11.0 Å². The van der Waals surface area contributed by atoms with Gasteiger partial charge in [-0.25, -0.2) is 0 Å². The van der Waals surface area contributed by atoms with Crippen LogP contribution in [0.2, 0.25) is 5.02 Å². The molecule has 6 nitrogen and oxygen atoms in total. The van der Waals surface area contributed by atoms with Gasteiger partial charge in [0.15, 0.2) is 0 Å². The van der Waals surface area contributed by atoms with Gasteiger partial charge in [0.25, 0.3) is 0 Å². The van der Waals surface area contributed by atoms with Crippen LogP contribution in [0.25, 0.3) is 0 Å². The molecule has 2 aromatic rings. The van der Waals surface area contributed by atoms with Crippen LogP contribution in [0.1, 0.15) is 12.0 Å². The summed E-state index contributed by atoms with van der Waals surface area (Å²) in [6.07, 6.45) is 0.202. The van der Waals surface area contributed by atoms with E-state index in [1.807, 2.05) is 43.3 Å². The largest absolute Gasteiger partial charge is 0.378 e. The summed E-state index contributed by atoms with van der Waals surface area (Å²) in [5.74, 6) is -0.599. The number of hydrogen-bond acceptors (Lipinski definition) is 4. The van der Waals surface area contributed by atoms with Gasteiger partial charge in [0.05, 0.1) is 30.5 Å². The lowest BCUT2D eigenvalue weighted by atomic mass is 10.1. The maximum absolute atomic E-state index is 13.0. The van der Waals surface area contributed by atoms with E-state index in [9.17, 15) is 9.59 Å². The van der Waals surface area contributed by atoms with Crippen molar-refractivity contribution >= 4 is 40.5 Å². The van der Waals surface area contributed by atoms with Crippen molar-refractivity contribution in [2.45, 2.75) is 13.3 Å². The van der Waals surface area contributed by atoms with E-state index < -0.39 is 5.92 Å². The number of halogens is 1. The maximum Gasteiger partial charge on any atom is 0.229 e. The van der Waals surface area contributed by atoms with Crippen LogP contribution in [0, 0.1) is 12.8 Å². The van der Waals surface area contributed by atoms with Gasteiger partial charge in [-0.15, -0.1) is 0 Å². The second-order valence-corrected chi connectivity index (χ2v) is 7.93. The van der Waals surface area contributed by atoms with E-state index in [0.717, 1.165) is 30.0 Å². The number of amides is 2. The lowest BCUT2D eigenvalue weighted by molar-refractivity contribution is -0.122. The topological polar surface area (TPSA) is 61.9 Å². The first-order valence-corrected chi connectivity index (χ1v) is 10.2. The summed E-state index contributed by atoms with van der Waals surface area (Å²) in [4.78, 5) is 29.3. The van der Waals surface area contributed by atoms with Crippen LogP contribution in [0.3, 0.4) is 0 Å². The minimum absolute atomic E-state index is 0.0338. The molecular formula is C22H24ClN3O3. The number of benzene rings is 2. The van der Waals surface area contributed by atoms with Gasteiger partial charge in [-0.05, 0) is 37.3 Å². The number of anilines is 3. The molecule has 0 aromatic heterocycles. The van der Waals surface area contributed by atoms with Gasteiger partial charge in [0.2, 0.25) is 11.8 Å². The molecule has 1 unspecified atom stereocenters. The molecule has 0 radical (unpaired) electrons. The Morgan fingerprint density at radius 1 is 1.14 bits per heavy atom. The van der Waals surface area contributed by atoms with Crippen LogP contribution < -0.4 is 15.1 Å². The van der Waals surface area contributed by atoms with Crippen molar-refractivity contribution in [1.82, 2.24) is 0 Å². The summed E-state index contributed by atoms with van der Waals surface area (Å²) in [6.45, 7) is 5.20. The van der Waals surface area contributed by atoms with Crippen molar-refractivity contribution in [3.63, 3.8) is 0 Å². The zero-order valence-electron chi connectivity index (χ0n) is 16.4. The molecule has 1 N–H and O–H groups in total. The Balaban J connectivity index is 1.49. The molecule has 1 atom stereocenters. The predicted molar refractivity (Wildman–Crippen MR) is 115 cm³/mol. The summed E-state index contributed by atoms with van der Waals surface area (Å²) < 4.78 is 5.42. The minimum atomic E-state index is -0.402. The molecule has 2 heterocycles. The molecule has 2 aliphatic rings. The Labute approximate surface area is 175 Å². The van der Waals surface area contributed by atoms with E-state index in [1.165, 1.54) is 0 Å². The molecule has 0 bridgehead atoms. The highest BCUT2D eigenvalue weighted by Crippen LogP contribution is 2.32. The van der Waals surface area contributed by atoms with Gasteiger partial charge < -0.3 is 19.9 Å². The molecule has 152 valence electrons. The zero-order valence-corrected chi connectivity index (χ0v) is 17.1. The Bertz CT molecular complexity index is 910. The third-order valence-electron chi connectivity index (χ3n) is 5.41. The first kappa shape index (κ1) is 19.7. The highest BCUT2D eigenvalue weighted by atomic mass is 35.5. The van der Waals surface area contributed by atoms with Gasteiger partial charge in [0, 0.05) is 36.8 Å². The molecule has 2 saturated heterocycles. The monoisotopic (exact) mass is 413 g/mol. The number of ether oxygens (including phenoxy) is 1. The van der Waals surface area contributed by atoms with E-state index >= 15 is 0 Å².